The molecule has 0 spiro atoms. The standard InChI is InChI=1S/C32H35FN2O/c1-22-12-14-25(15-13-22)32-24(3)23(2)16-17-34(32)21-31(36)35(20-28-10-6-7-11-30(28)33)29-18-26-8-4-5-9-27(26)19-29/h4-15,29,32H,16-21H2,1-3H3. The maximum atomic E-state index is 14.7. The summed E-state index contributed by atoms with van der Waals surface area (Å²) in [6.07, 6.45) is 2.59. The van der Waals surface area contributed by atoms with Crippen LogP contribution in [0.25, 0.3) is 0 Å². The van der Waals surface area contributed by atoms with Crippen LogP contribution in [0.3, 0.4) is 0 Å². The van der Waals surface area contributed by atoms with E-state index in [1.807, 2.05) is 11.0 Å². The maximum Gasteiger partial charge on any atom is 0.237 e. The highest BCUT2D eigenvalue weighted by molar-refractivity contribution is 5.79. The fourth-order valence-electron chi connectivity index (χ4n) is 5.78. The lowest BCUT2D eigenvalue weighted by Gasteiger charge is -2.39. The summed E-state index contributed by atoms with van der Waals surface area (Å²) in [5.41, 5.74) is 8.33. The number of fused-ring (bicyclic) bond motifs is 1. The van der Waals surface area contributed by atoms with Gasteiger partial charge < -0.3 is 4.90 Å². The molecule has 1 aliphatic carbocycles. The monoisotopic (exact) mass is 482 g/mol. The number of aryl methyl sites for hydroxylation is 1. The van der Waals surface area contributed by atoms with Gasteiger partial charge in [-0.3, -0.25) is 9.69 Å². The van der Waals surface area contributed by atoms with Crippen LogP contribution in [-0.4, -0.2) is 34.8 Å². The maximum absolute atomic E-state index is 14.7. The smallest absolute Gasteiger partial charge is 0.237 e. The third-order valence-electron chi connectivity index (χ3n) is 8.04. The average molecular weight is 483 g/mol. The molecule has 0 aromatic heterocycles. The molecule has 1 unspecified atom stereocenters. The fourth-order valence-corrected chi connectivity index (χ4v) is 5.78. The van der Waals surface area contributed by atoms with E-state index in [0.717, 1.165) is 25.8 Å². The molecule has 0 radical (unpaired) electrons. The zero-order valence-corrected chi connectivity index (χ0v) is 21.5. The predicted octanol–water partition coefficient (Wildman–Crippen LogP) is 6.41. The van der Waals surface area contributed by atoms with Crippen LogP contribution in [0.2, 0.25) is 0 Å². The van der Waals surface area contributed by atoms with Crippen molar-refractivity contribution in [2.24, 2.45) is 0 Å². The highest BCUT2D eigenvalue weighted by atomic mass is 19.1. The molecule has 0 bridgehead atoms. The lowest BCUT2D eigenvalue weighted by molar-refractivity contribution is -0.136. The molecule has 0 saturated heterocycles. The van der Waals surface area contributed by atoms with E-state index in [4.69, 9.17) is 0 Å². The Morgan fingerprint density at radius 2 is 1.56 bits per heavy atom. The summed E-state index contributed by atoms with van der Waals surface area (Å²) in [6.45, 7) is 7.95. The van der Waals surface area contributed by atoms with Crippen molar-refractivity contribution in [1.82, 2.24) is 9.80 Å². The van der Waals surface area contributed by atoms with E-state index in [1.54, 1.807) is 12.1 Å². The molecule has 2 aliphatic rings. The van der Waals surface area contributed by atoms with Crippen molar-refractivity contribution in [2.75, 3.05) is 13.1 Å². The molecule has 3 aromatic rings. The number of nitrogens with zero attached hydrogens (tertiary/aromatic N) is 2. The molecular weight excluding hydrogens is 447 g/mol. The molecule has 4 heteroatoms. The second-order valence-electron chi connectivity index (χ2n) is 10.4. The molecule has 0 fully saturated rings. The number of hydrogen-bond acceptors (Lipinski definition) is 2. The van der Waals surface area contributed by atoms with Gasteiger partial charge in [-0.25, -0.2) is 4.39 Å². The molecule has 3 nitrogen and oxygen atoms in total. The molecule has 3 aromatic carbocycles. The molecule has 186 valence electrons. The van der Waals surface area contributed by atoms with Crippen molar-refractivity contribution >= 4 is 5.91 Å². The zero-order valence-electron chi connectivity index (χ0n) is 21.5. The first-order valence-electron chi connectivity index (χ1n) is 13.0. The number of carbonyl (C=O) groups excluding carboxylic acids is 1. The third kappa shape index (κ3) is 5.01. The van der Waals surface area contributed by atoms with Crippen LogP contribution < -0.4 is 0 Å². The van der Waals surface area contributed by atoms with E-state index in [0.29, 0.717) is 18.7 Å². The van der Waals surface area contributed by atoms with Gasteiger partial charge in [0.05, 0.1) is 12.6 Å². The highest BCUT2D eigenvalue weighted by Crippen LogP contribution is 2.36. The molecule has 0 saturated carbocycles. The normalized spacial score (nSPS) is 18.4. The lowest BCUT2D eigenvalue weighted by Crippen LogP contribution is -2.47. The Bertz CT molecular complexity index is 1250. The van der Waals surface area contributed by atoms with Crippen LogP contribution in [0.4, 0.5) is 4.39 Å². The summed E-state index contributed by atoms with van der Waals surface area (Å²) in [7, 11) is 0. The number of benzene rings is 3. The number of halogens is 1. The SMILES string of the molecule is CC1=C(C)C(c2ccc(C)cc2)N(CC(=O)N(Cc2ccccc2F)C2Cc3ccccc3C2)CC1. The quantitative estimate of drug-likeness (QED) is 0.379. The Balaban J connectivity index is 1.43. The molecule has 1 aliphatic heterocycles. The minimum absolute atomic E-state index is 0.0375. The Hall–Kier alpha value is -3.24. The largest absolute Gasteiger partial charge is 0.333 e. The first kappa shape index (κ1) is 24.5. The van der Waals surface area contributed by atoms with Crippen LogP contribution in [0.15, 0.2) is 83.9 Å². The average Bonchev–Trinajstić information content (AvgIpc) is 3.30. The Labute approximate surface area is 214 Å². The number of carbonyl (C=O) groups is 1. The van der Waals surface area contributed by atoms with Gasteiger partial charge >= 0.3 is 0 Å². The highest BCUT2D eigenvalue weighted by Gasteiger charge is 2.34. The van der Waals surface area contributed by atoms with Crippen molar-refractivity contribution in [1.29, 1.82) is 0 Å². The van der Waals surface area contributed by atoms with Gasteiger partial charge in [-0.15, -0.1) is 0 Å². The van der Waals surface area contributed by atoms with Crippen LogP contribution in [0.1, 0.15) is 54.1 Å². The molecule has 1 heterocycles. The fraction of sp³-hybridized carbons (Fsp3) is 0.344. The van der Waals surface area contributed by atoms with Crippen molar-refractivity contribution in [2.45, 2.75) is 58.7 Å². The first-order chi connectivity index (χ1) is 17.4. The summed E-state index contributed by atoms with van der Waals surface area (Å²) in [5, 5.41) is 0. The van der Waals surface area contributed by atoms with Gasteiger partial charge in [-0.05, 0) is 62.8 Å². The second-order valence-corrected chi connectivity index (χ2v) is 10.4. The Morgan fingerprint density at radius 1 is 0.917 bits per heavy atom. The van der Waals surface area contributed by atoms with Crippen LogP contribution in [0, 0.1) is 12.7 Å². The van der Waals surface area contributed by atoms with Gasteiger partial charge in [0.1, 0.15) is 5.82 Å². The van der Waals surface area contributed by atoms with Gasteiger partial charge in [0.2, 0.25) is 5.91 Å². The zero-order chi connectivity index (χ0) is 25.2. The van der Waals surface area contributed by atoms with Crippen LogP contribution >= 0.6 is 0 Å². The van der Waals surface area contributed by atoms with Crippen molar-refractivity contribution in [3.8, 4) is 0 Å². The van der Waals surface area contributed by atoms with Gasteiger partial charge in [0.15, 0.2) is 0 Å². The summed E-state index contributed by atoms with van der Waals surface area (Å²) < 4.78 is 14.7. The molecule has 36 heavy (non-hydrogen) atoms. The summed E-state index contributed by atoms with van der Waals surface area (Å²) in [5.74, 6) is -0.184. The van der Waals surface area contributed by atoms with Crippen LogP contribution in [-0.2, 0) is 24.2 Å². The molecule has 5 rings (SSSR count). The molecule has 1 atom stereocenters. The van der Waals surface area contributed by atoms with Crippen LogP contribution in [0.5, 0.6) is 0 Å². The van der Waals surface area contributed by atoms with Gasteiger partial charge in [0.25, 0.3) is 0 Å². The minimum Gasteiger partial charge on any atom is -0.333 e. The minimum atomic E-state index is -0.254. The Kier molecular flexibility index (Phi) is 7.06. The lowest BCUT2D eigenvalue weighted by atomic mass is 9.89. The van der Waals surface area contributed by atoms with Crippen molar-refractivity contribution in [3.63, 3.8) is 0 Å². The molecular formula is C32H35FN2O. The summed E-state index contributed by atoms with van der Waals surface area (Å²) in [4.78, 5) is 18.3. The van der Waals surface area contributed by atoms with E-state index in [9.17, 15) is 9.18 Å². The topological polar surface area (TPSA) is 23.6 Å². The Morgan fingerprint density at radius 3 is 2.22 bits per heavy atom. The predicted molar refractivity (Wildman–Crippen MR) is 143 cm³/mol. The molecule has 0 N–H and O–H groups in total. The van der Waals surface area contributed by atoms with E-state index in [1.165, 1.54) is 39.5 Å². The molecule has 1 amide bonds. The van der Waals surface area contributed by atoms with E-state index >= 15 is 0 Å². The number of hydrogen-bond donors (Lipinski definition) is 0. The first-order valence-corrected chi connectivity index (χ1v) is 13.0. The van der Waals surface area contributed by atoms with Gasteiger partial charge in [-0.1, -0.05) is 83.4 Å². The van der Waals surface area contributed by atoms with Gasteiger partial charge in [-0.2, -0.15) is 0 Å². The summed E-state index contributed by atoms with van der Waals surface area (Å²) >= 11 is 0. The number of amides is 1. The van der Waals surface area contributed by atoms with Crippen molar-refractivity contribution < 1.29 is 9.18 Å². The van der Waals surface area contributed by atoms with Gasteiger partial charge in [0, 0.05) is 24.7 Å². The second kappa shape index (κ2) is 10.4. The summed E-state index contributed by atoms with van der Waals surface area (Å²) in [6, 6.07) is 24.0. The van der Waals surface area contributed by atoms with Crippen molar-refractivity contribution in [3.05, 3.63) is 118 Å². The van der Waals surface area contributed by atoms with E-state index in [-0.39, 0.29) is 23.8 Å². The number of rotatable bonds is 6. The van der Waals surface area contributed by atoms with E-state index in [2.05, 4.69) is 74.2 Å². The van der Waals surface area contributed by atoms with E-state index < -0.39 is 0 Å². The third-order valence-corrected chi connectivity index (χ3v) is 8.04.